The Morgan fingerprint density at radius 3 is 2.35 bits per heavy atom. The van der Waals surface area contributed by atoms with Crippen molar-refractivity contribution in [2.45, 2.75) is 12.8 Å². The standard InChI is InChI=1S/C22H21N5O3S/c28-18(8-4-10-27-20(29)15-5-1-2-6-16(15)21(27)30)25-11-13-26(14-12-25)22-24-17-7-3-9-23-19(17)31-22/h1-3,5-7,9H,4,8,10-14H2. The van der Waals surface area contributed by atoms with Crippen LogP contribution in [0.1, 0.15) is 33.6 Å². The number of rotatable bonds is 5. The summed E-state index contributed by atoms with van der Waals surface area (Å²) in [5.74, 6) is -0.485. The highest BCUT2D eigenvalue weighted by molar-refractivity contribution is 7.21. The Bertz CT molecular complexity index is 1100. The average Bonchev–Trinajstić information content (AvgIpc) is 3.34. The molecule has 0 saturated carbocycles. The first-order valence-corrected chi connectivity index (χ1v) is 11.1. The third kappa shape index (κ3) is 3.65. The summed E-state index contributed by atoms with van der Waals surface area (Å²) >= 11 is 1.57. The third-order valence-electron chi connectivity index (χ3n) is 5.71. The van der Waals surface area contributed by atoms with Crippen molar-refractivity contribution in [2.75, 3.05) is 37.6 Å². The van der Waals surface area contributed by atoms with Crippen LogP contribution >= 0.6 is 11.3 Å². The Morgan fingerprint density at radius 1 is 0.968 bits per heavy atom. The summed E-state index contributed by atoms with van der Waals surface area (Å²) in [6.07, 6.45) is 2.55. The summed E-state index contributed by atoms with van der Waals surface area (Å²) in [5.41, 5.74) is 1.79. The lowest BCUT2D eigenvalue weighted by atomic mass is 10.1. The molecule has 2 aliphatic rings. The number of aromatic nitrogens is 2. The van der Waals surface area contributed by atoms with Crippen LogP contribution in [0.15, 0.2) is 42.6 Å². The van der Waals surface area contributed by atoms with Gasteiger partial charge in [-0.3, -0.25) is 19.3 Å². The number of hydrogen-bond donors (Lipinski definition) is 0. The Hall–Kier alpha value is -3.33. The maximum atomic E-state index is 12.6. The van der Waals surface area contributed by atoms with Crippen LogP contribution in [-0.2, 0) is 4.79 Å². The van der Waals surface area contributed by atoms with Gasteiger partial charge in [0, 0.05) is 45.3 Å². The minimum absolute atomic E-state index is 0.0576. The number of thiazole rings is 1. The van der Waals surface area contributed by atoms with E-state index in [0.717, 1.165) is 28.6 Å². The fraction of sp³-hybridized carbons (Fsp3) is 0.318. The normalized spacial score (nSPS) is 16.3. The summed E-state index contributed by atoms with van der Waals surface area (Å²) in [4.78, 5) is 52.7. The van der Waals surface area contributed by atoms with E-state index in [9.17, 15) is 14.4 Å². The van der Waals surface area contributed by atoms with Crippen LogP contribution in [0.2, 0.25) is 0 Å². The molecule has 0 bridgehead atoms. The molecular weight excluding hydrogens is 414 g/mol. The molecule has 8 nitrogen and oxygen atoms in total. The molecule has 1 aromatic carbocycles. The summed E-state index contributed by atoms with van der Waals surface area (Å²) in [6, 6.07) is 10.7. The summed E-state index contributed by atoms with van der Waals surface area (Å²) in [6.45, 7) is 2.98. The van der Waals surface area contributed by atoms with Crippen LogP contribution in [0.4, 0.5) is 5.13 Å². The number of benzene rings is 1. The first kappa shape index (κ1) is 19.6. The van der Waals surface area contributed by atoms with Crippen molar-refractivity contribution in [3.05, 3.63) is 53.7 Å². The fourth-order valence-electron chi connectivity index (χ4n) is 4.03. The second-order valence-electron chi connectivity index (χ2n) is 7.60. The molecule has 0 unspecified atom stereocenters. The van der Waals surface area contributed by atoms with E-state index in [0.29, 0.717) is 37.1 Å². The highest BCUT2D eigenvalue weighted by Crippen LogP contribution is 2.28. The zero-order valence-electron chi connectivity index (χ0n) is 16.9. The van der Waals surface area contributed by atoms with Gasteiger partial charge in [-0.05, 0) is 30.7 Å². The number of nitrogens with zero attached hydrogens (tertiary/aromatic N) is 5. The van der Waals surface area contributed by atoms with Crippen molar-refractivity contribution in [1.82, 2.24) is 19.8 Å². The Balaban J connectivity index is 1.11. The number of fused-ring (bicyclic) bond motifs is 2. The van der Waals surface area contributed by atoms with E-state index in [4.69, 9.17) is 0 Å². The summed E-state index contributed by atoms with van der Waals surface area (Å²) < 4.78 is 0. The quantitative estimate of drug-likeness (QED) is 0.572. The van der Waals surface area contributed by atoms with Gasteiger partial charge in [-0.25, -0.2) is 9.97 Å². The van der Waals surface area contributed by atoms with Gasteiger partial charge in [0.25, 0.3) is 11.8 Å². The molecule has 4 heterocycles. The van der Waals surface area contributed by atoms with Crippen molar-refractivity contribution in [3.63, 3.8) is 0 Å². The van der Waals surface area contributed by atoms with Crippen LogP contribution in [-0.4, -0.2) is 70.2 Å². The first-order valence-electron chi connectivity index (χ1n) is 10.3. The SMILES string of the molecule is O=C(CCCN1C(=O)c2ccccc2C1=O)N1CCN(c2nc3cccnc3s2)CC1. The summed E-state index contributed by atoms with van der Waals surface area (Å²) in [5, 5.41) is 0.937. The molecule has 0 N–H and O–H groups in total. The maximum absolute atomic E-state index is 12.6. The minimum Gasteiger partial charge on any atom is -0.344 e. The molecule has 3 aromatic rings. The number of hydrogen-bond acceptors (Lipinski definition) is 7. The van der Waals surface area contributed by atoms with Gasteiger partial charge < -0.3 is 9.80 Å². The number of carbonyl (C=O) groups excluding carboxylic acids is 3. The summed E-state index contributed by atoms with van der Waals surface area (Å²) in [7, 11) is 0. The molecule has 9 heteroatoms. The van der Waals surface area contributed by atoms with E-state index in [1.165, 1.54) is 4.90 Å². The monoisotopic (exact) mass is 435 g/mol. The number of amides is 3. The molecule has 0 atom stereocenters. The highest BCUT2D eigenvalue weighted by Gasteiger charge is 2.34. The van der Waals surface area contributed by atoms with Gasteiger partial charge in [0.2, 0.25) is 5.91 Å². The Labute approximate surface area is 183 Å². The maximum Gasteiger partial charge on any atom is 0.261 e. The van der Waals surface area contributed by atoms with Gasteiger partial charge in [0.1, 0.15) is 10.3 Å². The van der Waals surface area contributed by atoms with Gasteiger partial charge in [-0.1, -0.05) is 23.5 Å². The van der Waals surface area contributed by atoms with Gasteiger partial charge in [0.05, 0.1) is 11.1 Å². The number of pyridine rings is 1. The van der Waals surface area contributed by atoms with E-state index < -0.39 is 0 Å². The van der Waals surface area contributed by atoms with Crippen LogP contribution < -0.4 is 4.90 Å². The van der Waals surface area contributed by atoms with E-state index in [1.807, 2.05) is 17.0 Å². The lowest BCUT2D eigenvalue weighted by Gasteiger charge is -2.34. The number of carbonyl (C=O) groups is 3. The van der Waals surface area contributed by atoms with E-state index in [2.05, 4.69) is 14.9 Å². The molecule has 0 spiro atoms. The second-order valence-corrected chi connectivity index (χ2v) is 8.56. The van der Waals surface area contributed by atoms with Crippen LogP contribution in [0.25, 0.3) is 10.3 Å². The second kappa shape index (κ2) is 8.07. The Morgan fingerprint density at radius 2 is 1.68 bits per heavy atom. The molecule has 31 heavy (non-hydrogen) atoms. The number of piperazine rings is 1. The first-order chi connectivity index (χ1) is 15.1. The van der Waals surface area contributed by atoms with Crippen LogP contribution in [0.5, 0.6) is 0 Å². The zero-order chi connectivity index (χ0) is 21.4. The molecular formula is C22H21N5O3S. The lowest BCUT2D eigenvalue weighted by Crippen LogP contribution is -2.48. The molecule has 3 amide bonds. The molecule has 1 fully saturated rings. The number of imide groups is 1. The van der Waals surface area contributed by atoms with Gasteiger partial charge in [-0.15, -0.1) is 0 Å². The van der Waals surface area contributed by atoms with Gasteiger partial charge >= 0.3 is 0 Å². The van der Waals surface area contributed by atoms with Crippen LogP contribution in [0, 0.1) is 0 Å². The topological polar surface area (TPSA) is 86.7 Å². The van der Waals surface area contributed by atoms with Gasteiger partial charge in [0.15, 0.2) is 5.13 Å². The molecule has 2 aromatic heterocycles. The smallest absolute Gasteiger partial charge is 0.261 e. The molecule has 5 rings (SSSR count). The molecule has 158 valence electrons. The molecule has 0 radical (unpaired) electrons. The van der Waals surface area contributed by atoms with Crippen molar-refractivity contribution >= 4 is 44.5 Å². The van der Waals surface area contributed by atoms with Crippen molar-refractivity contribution in [3.8, 4) is 0 Å². The van der Waals surface area contributed by atoms with Crippen molar-refractivity contribution in [1.29, 1.82) is 0 Å². The predicted molar refractivity (Wildman–Crippen MR) is 117 cm³/mol. The third-order valence-corrected chi connectivity index (χ3v) is 6.75. The van der Waals surface area contributed by atoms with E-state index in [1.54, 1.807) is 41.8 Å². The number of anilines is 1. The predicted octanol–water partition coefficient (Wildman–Crippen LogP) is 2.42. The minimum atomic E-state index is -0.271. The Kier molecular flexibility index (Phi) is 5.11. The fourth-order valence-corrected chi connectivity index (χ4v) is 4.99. The van der Waals surface area contributed by atoms with Crippen LogP contribution in [0.3, 0.4) is 0 Å². The highest BCUT2D eigenvalue weighted by atomic mass is 32.1. The molecule has 2 aliphatic heterocycles. The van der Waals surface area contributed by atoms with Crippen molar-refractivity contribution in [2.24, 2.45) is 0 Å². The van der Waals surface area contributed by atoms with Gasteiger partial charge in [-0.2, -0.15) is 0 Å². The van der Waals surface area contributed by atoms with E-state index >= 15 is 0 Å². The molecule has 0 aliphatic carbocycles. The van der Waals surface area contributed by atoms with Crippen molar-refractivity contribution < 1.29 is 14.4 Å². The molecule has 1 saturated heterocycles. The average molecular weight is 436 g/mol. The lowest BCUT2D eigenvalue weighted by molar-refractivity contribution is -0.131. The zero-order valence-corrected chi connectivity index (χ0v) is 17.7. The largest absolute Gasteiger partial charge is 0.344 e. The van der Waals surface area contributed by atoms with E-state index in [-0.39, 0.29) is 24.3 Å².